The predicted molar refractivity (Wildman–Crippen MR) is 64.0 cm³/mol. The molecule has 90 valence electrons. The minimum absolute atomic E-state index is 0.00801. The Morgan fingerprint density at radius 2 is 2.12 bits per heavy atom. The molecule has 0 fully saturated rings. The predicted octanol–water partition coefficient (Wildman–Crippen LogP) is 2.89. The lowest BCUT2D eigenvalue weighted by Gasteiger charge is -2.02. The van der Waals surface area contributed by atoms with Crippen LogP contribution in [0.1, 0.15) is 28.5 Å². The molecule has 0 radical (unpaired) electrons. The molecular weight excluding hydrogens is 221 g/mol. The Kier molecular flexibility index (Phi) is 2.65. The Morgan fingerprint density at radius 3 is 2.65 bits per heavy atom. The lowest BCUT2D eigenvalue weighted by atomic mass is 10.1. The van der Waals surface area contributed by atoms with Crippen molar-refractivity contribution in [3.05, 3.63) is 34.8 Å². The molecule has 1 heterocycles. The summed E-state index contributed by atoms with van der Waals surface area (Å²) in [5.74, 6) is -1.59. The number of carbonyl (C=O) groups is 1. The molecule has 0 amide bonds. The molecule has 1 aromatic heterocycles. The zero-order valence-electron chi connectivity index (χ0n) is 10.0. The summed E-state index contributed by atoms with van der Waals surface area (Å²) in [7, 11) is 1.80. The first-order valence-corrected chi connectivity index (χ1v) is 5.48. The third kappa shape index (κ3) is 1.60. The van der Waals surface area contributed by atoms with E-state index >= 15 is 0 Å². The summed E-state index contributed by atoms with van der Waals surface area (Å²) in [6.07, 6.45) is 0.791. The van der Waals surface area contributed by atoms with Gasteiger partial charge in [-0.25, -0.2) is 9.18 Å². The fourth-order valence-corrected chi connectivity index (χ4v) is 2.39. The molecule has 2 rings (SSSR count). The maximum absolute atomic E-state index is 13.9. The zero-order chi connectivity index (χ0) is 12.7. The highest BCUT2D eigenvalue weighted by molar-refractivity contribution is 5.95. The first kappa shape index (κ1) is 11.6. The van der Waals surface area contributed by atoms with E-state index in [9.17, 15) is 9.18 Å². The van der Waals surface area contributed by atoms with Crippen molar-refractivity contribution < 1.29 is 14.3 Å². The third-order valence-electron chi connectivity index (χ3n) is 3.22. The fourth-order valence-electron chi connectivity index (χ4n) is 2.39. The van der Waals surface area contributed by atoms with Gasteiger partial charge in [0.2, 0.25) is 0 Å². The number of benzene rings is 1. The van der Waals surface area contributed by atoms with E-state index in [-0.39, 0.29) is 5.56 Å². The lowest BCUT2D eigenvalue weighted by Crippen LogP contribution is -1.99. The number of halogens is 1. The van der Waals surface area contributed by atoms with Crippen LogP contribution >= 0.6 is 0 Å². The first-order valence-electron chi connectivity index (χ1n) is 5.48. The normalized spacial score (nSPS) is 11.1. The van der Waals surface area contributed by atoms with Crippen molar-refractivity contribution in [1.29, 1.82) is 0 Å². The first-order chi connectivity index (χ1) is 7.97. The van der Waals surface area contributed by atoms with Crippen molar-refractivity contribution in [3.8, 4) is 0 Å². The van der Waals surface area contributed by atoms with Gasteiger partial charge in [0.1, 0.15) is 5.82 Å². The molecule has 0 bridgehead atoms. The number of aromatic nitrogens is 1. The summed E-state index contributed by atoms with van der Waals surface area (Å²) in [4.78, 5) is 10.9. The minimum atomic E-state index is -1.10. The lowest BCUT2D eigenvalue weighted by molar-refractivity contribution is 0.0696. The van der Waals surface area contributed by atoms with Crippen LogP contribution in [0.5, 0.6) is 0 Å². The van der Waals surface area contributed by atoms with Crippen molar-refractivity contribution in [2.75, 3.05) is 0 Å². The van der Waals surface area contributed by atoms with Crippen molar-refractivity contribution >= 4 is 16.9 Å². The number of fused-ring (bicyclic) bond motifs is 1. The van der Waals surface area contributed by atoms with E-state index in [1.54, 1.807) is 11.6 Å². The minimum Gasteiger partial charge on any atom is -0.478 e. The molecule has 0 saturated heterocycles. The van der Waals surface area contributed by atoms with Gasteiger partial charge in [0.05, 0.1) is 11.1 Å². The zero-order valence-corrected chi connectivity index (χ0v) is 10.0. The van der Waals surface area contributed by atoms with E-state index in [0.29, 0.717) is 10.9 Å². The molecule has 1 N–H and O–H groups in total. The molecule has 1 aromatic carbocycles. The van der Waals surface area contributed by atoms with E-state index in [0.717, 1.165) is 23.7 Å². The Bertz CT molecular complexity index is 614. The van der Waals surface area contributed by atoms with Crippen LogP contribution in [-0.4, -0.2) is 15.6 Å². The highest BCUT2D eigenvalue weighted by Crippen LogP contribution is 2.28. The molecule has 0 aliphatic heterocycles. The van der Waals surface area contributed by atoms with E-state index in [4.69, 9.17) is 5.11 Å². The van der Waals surface area contributed by atoms with Crippen LogP contribution in [0.25, 0.3) is 10.9 Å². The number of hydrogen-bond donors (Lipinski definition) is 1. The van der Waals surface area contributed by atoms with Crippen LogP contribution in [-0.2, 0) is 13.5 Å². The summed E-state index contributed by atoms with van der Waals surface area (Å²) < 4.78 is 15.7. The number of aromatic carboxylic acids is 1. The molecule has 4 heteroatoms. The van der Waals surface area contributed by atoms with Gasteiger partial charge in [-0.2, -0.15) is 0 Å². The summed E-state index contributed by atoms with van der Waals surface area (Å²) >= 11 is 0. The molecule has 0 unspecified atom stereocenters. The fraction of sp³-hybridized carbons (Fsp3) is 0.308. The topological polar surface area (TPSA) is 42.2 Å². The highest BCUT2D eigenvalue weighted by Gasteiger charge is 2.16. The Balaban J connectivity index is 2.89. The third-order valence-corrected chi connectivity index (χ3v) is 3.22. The van der Waals surface area contributed by atoms with Gasteiger partial charge in [0, 0.05) is 18.1 Å². The van der Waals surface area contributed by atoms with Crippen LogP contribution in [0.4, 0.5) is 4.39 Å². The molecule has 0 aliphatic carbocycles. The summed E-state index contributed by atoms with van der Waals surface area (Å²) in [5.41, 5.74) is 2.45. The highest BCUT2D eigenvalue weighted by atomic mass is 19.1. The molecule has 0 spiro atoms. The SMILES string of the molecule is CCc1c(C)c2cc(C(=O)O)cc(F)c2n1C. The van der Waals surface area contributed by atoms with E-state index in [1.807, 2.05) is 13.8 Å². The van der Waals surface area contributed by atoms with Crippen LogP contribution in [0.2, 0.25) is 0 Å². The van der Waals surface area contributed by atoms with Crippen LogP contribution in [0, 0.1) is 12.7 Å². The van der Waals surface area contributed by atoms with Gasteiger partial charge in [-0.3, -0.25) is 0 Å². The van der Waals surface area contributed by atoms with Gasteiger partial charge in [0.15, 0.2) is 0 Å². The molecule has 2 aromatic rings. The Morgan fingerprint density at radius 1 is 1.47 bits per heavy atom. The number of rotatable bonds is 2. The largest absolute Gasteiger partial charge is 0.478 e. The summed E-state index contributed by atoms with van der Waals surface area (Å²) in [6.45, 7) is 3.89. The molecule has 0 atom stereocenters. The van der Waals surface area contributed by atoms with Crippen molar-refractivity contribution in [2.24, 2.45) is 7.05 Å². The monoisotopic (exact) mass is 235 g/mol. The van der Waals surface area contributed by atoms with Gasteiger partial charge in [-0.05, 0) is 31.0 Å². The number of nitrogens with zero attached hydrogens (tertiary/aromatic N) is 1. The second-order valence-electron chi connectivity index (χ2n) is 4.14. The molecule has 3 nitrogen and oxygen atoms in total. The van der Waals surface area contributed by atoms with Gasteiger partial charge >= 0.3 is 5.97 Å². The molecule has 0 aliphatic rings. The second kappa shape index (κ2) is 3.87. The van der Waals surface area contributed by atoms with Crippen LogP contribution < -0.4 is 0 Å². The maximum Gasteiger partial charge on any atom is 0.335 e. The van der Waals surface area contributed by atoms with Gasteiger partial charge < -0.3 is 9.67 Å². The van der Waals surface area contributed by atoms with E-state index < -0.39 is 11.8 Å². The maximum atomic E-state index is 13.9. The number of carboxylic acids is 1. The Hall–Kier alpha value is -1.84. The molecule has 0 saturated carbocycles. The quantitative estimate of drug-likeness (QED) is 0.869. The van der Waals surface area contributed by atoms with E-state index in [1.165, 1.54) is 6.07 Å². The molecule has 17 heavy (non-hydrogen) atoms. The van der Waals surface area contributed by atoms with Crippen LogP contribution in [0.15, 0.2) is 12.1 Å². The van der Waals surface area contributed by atoms with Crippen molar-refractivity contribution in [2.45, 2.75) is 20.3 Å². The second-order valence-corrected chi connectivity index (χ2v) is 4.14. The Labute approximate surface area is 98.5 Å². The van der Waals surface area contributed by atoms with Crippen molar-refractivity contribution in [3.63, 3.8) is 0 Å². The number of hydrogen-bond acceptors (Lipinski definition) is 1. The van der Waals surface area contributed by atoms with Crippen LogP contribution in [0.3, 0.4) is 0 Å². The average molecular weight is 235 g/mol. The number of carboxylic acid groups (broad SMARTS) is 1. The van der Waals surface area contributed by atoms with E-state index in [2.05, 4.69) is 0 Å². The molecular formula is C13H14FNO2. The number of aryl methyl sites for hydroxylation is 2. The van der Waals surface area contributed by atoms with Crippen molar-refractivity contribution in [1.82, 2.24) is 4.57 Å². The van der Waals surface area contributed by atoms with Gasteiger partial charge in [-0.1, -0.05) is 6.92 Å². The average Bonchev–Trinajstić information content (AvgIpc) is 2.51. The summed E-state index contributed by atoms with van der Waals surface area (Å²) in [5, 5.41) is 9.60. The van der Waals surface area contributed by atoms with Gasteiger partial charge in [-0.15, -0.1) is 0 Å². The standard InChI is InChI=1S/C13H14FNO2/c1-4-11-7(2)9-5-8(13(16)17)6-10(14)12(9)15(11)3/h5-6H,4H2,1-3H3,(H,16,17). The summed E-state index contributed by atoms with van der Waals surface area (Å²) in [6, 6.07) is 2.61. The van der Waals surface area contributed by atoms with Gasteiger partial charge in [0.25, 0.3) is 0 Å². The smallest absolute Gasteiger partial charge is 0.335 e.